The van der Waals surface area contributed by atoms with Crippen LogP contribution in [0.3, 0.4) is 0 Å². The van der Waals surface area contributed by atoms with Crippen LogP contribution < -0.4 is 4.90 Å². The van der Waals surface area contributed by atoms with Gasteiger partial charge in [-0.1, -0.05) is 45.7 Å². The van der Waals surface area contributed by atoms with Gasteiger partial charge in [0, 0.05) is 30.3 Å². The van der Waals surface area contributed by atoms with Crippen molar-refractivity contribution in [3.8, 4) is 0 Å². The molecular formula is C22H20BrClN2O3S2. The molecule has 1 aromatic heterocycles. The molecule has 0 saturated heterocycles. The smallest absolute Gasteiger partial charge is 0.269 e. The van der Waals surface area contributed by atoms with Crippen molar-refractivity contribution in [2.45, 2.75) is 24.3 Å². The van der Waals surface area contributed by atoms with E-state index in [1.165, 1.54) is 22.7 Å². The number of hydrogen-bond donors (Lipinski definition) is 0. The molecule has 5 nitrogen and oxygen atoms in total. The van der Waals surface area contributed by atoms with E-state index in [1.54, 1.807) is 34.5 Å². The number of anilines is 1. The summed E-state index contributed by atoms with van der Waals surface area (Å²) >= 11 is 11.1. The van der Waals surface area contributed by atoms with Crippen molar-refractivity contribution in [3.63, 3.8) is 0 Å². The van der Waals surface area contributed by atoms with E-state index in [9.17, 15) is 13.2 Å². The molecule has 0 saturated carbocycles. The fourth-order valence-electron chi connectivity index (χ4n) is 3.61. The van der Waals surface area contributed by atoms with Gasteiger partial charge in [0.25, 0.3) is 5.91 Å². The second-order valence-corrected chi connectivity index (χ2v) is 11.5. The second-order valence-electron chi connectivity index (χ2n) is 7.31. The summed E-state index contributed by atoms with van der Waals surface area (Å²) in [5.74, 6) is -0.146. The molecule has 1 aliphatic heterocycles. The molecule has 0 spiro atoms. The molecule has 9 heteroatoms. The fraction of sp³-hybridized carbons (Fsp3) is 0.227. The summed E-state index contributed by atoms with van der Waals surface area (Å²) in [6.45, 7) is 0.717. The molecule has 0 atom stereocenters. The van der Waals surface area contributed by atoms with Crippen LogP contribution >= 0.6 is 38.9 Å². The lowest BCUT2D eigenvalue weighted by molar-refractivity contribution is 0.0989. The van der Waals surface area contributed by atoms with Gasteiger partial charge in [-0.3, -0.25) is 4.79 Å². The standard InChI is InChI=1S/C22H20BrClN2O3S2/c1-25(31(28,29)18-10-8-17(23)9-11-18)13-16-14-30-21(20(16)24)22(27)26-12-4-6-15-5-2-3-7-19(15)26/h2-3,5,7-11,14H,4,6,12-13H2,1H3. The number of sulfonamides is 1. The van der Waals surface area contributed by atoms with Crippen molar-refractivity contribution in [1.82, 2.24) is 4.31 Å². The van der Waals surface area contributed by atoms with Gasteiger partial charge in [-0.25, -0.2) is 8.42 Å². The first kappa shape index (κ1) is 22.5. The molecule has 1 aliphatic rings. The maximum atomic E-state index is 13.2. The SMILES string of the molecule is CN(Cc1csc(C(=O)N2CCCc3ccccc32)c1Cl)S(=O)(=O)c1ccc(Br)cc1. The van der Waals surface area contributed by atoms with E-state index in [1.807, 2.05) is 24.3 Å². The number of thiophene rings is 1. The first-order valence-electron chi connectivity index (χ1n) is 9.66. The zero-order valence-corrected chi connectivity index (χ0v) is 20.7. The number of carbonyl (C=O) groups is 1. The molecule has 31 heavy (non-hydrogen) atoms. The van der Waals surface area contributed by atoms with Gasteiger partial charge in [0.15, 0.2) is 0 Å². The molecule has 0 radical (unpaired) electrons. The van der Waals surface area contributed by atoms with Crippen molar-refractivity contribution in [2.24, 2.45) is 0 Å². The Balaban J connectivity index is 1.56. The van der Waals surface area contributed by atoms with Crippen LogP contribution in [0.25, 0.3) is 0 Å². The van der Waals surface area contributed by atoms with E-state index in [0.717, 1.165) is 28.6 Å². The molecule has 2 heterocycles. The predicted octanol–water partition coefficient (Wildman–Crippen LogP) is 5.58. The van der Waals surface area contributed by atoms with Crippen LogP contribution in [0.4, 0.5) is 5.69 Å². The van der Waals surface area contributed by atoms with Gasteiger partial charge in [0.1, 0.15) is 4.88 Å². The van der Waals surface area contributed by atoms with Crippen molar-refractivity contribution in [2.75, 3.05) is 18.5 Å². The molecule has 0 fully saturated rings. The molecule has 0 aliphatic carbocycles. The summed E-state index contributed by atoms with van der Waals surface area (Å²) in [6, 6.07) is 14.4. The van der Waals surface area contributed by atoms with Crippen molar-refractivity contribution < 1.29 is 13.2 Å². The molecule has 162 valence electrons. The molecule has 2 aromatic carbocycles. The van der Waals surface area contributed by atoms with E-state index in [0.29, 0.717) is 22.0 Å². The Kier molecular flexibility index (Phi) is 6.55. The molecule has 0 bridgehead atoms. The van der Waals surface area contributed by atoms with E-state index in [2.05, 4.69) is 15.9 Å². The fourth-order valence-corrected chi connectivity index (χ4v) is 6.31. The first-order valence-corrected chi connectivity index (χ1v) is 13.2. The normalized spacial score (nSPS) is 14.0. The van der Waals surface area contributed by atoms with Crippen molar-refractivity contribution in [1.29, 1.82) is 0 Å². The van der Waals surface area contributed by atoms with Crippen LogP contribution in [0, 0.1) is 0 Å². The summed E-state index contributed by atoms with van der Waals surface area (Å²) in [5, 5.41) is 2.08. The summed E-state index contributed by atoms with van der Waals surface area (Å²) < 4.78 is 27.8. The van der Waals surface area contributed by atoms with Gasteiger partial charge < -0.3 is 4.90 Å². The van der Waals surface area contributed by atoms with Crippen LogP contribution in [-0.2, 0) is 23.0 Å². The zero-order valence-electron chi connectivity index (χ0n) is 16.7. The number of hydrogen-bond acceptors (Lipinski definition) is 4. The Morgan fingerprint density at radius 3 is 2.65 bits per heavy atom. The number of nitrogens with zero attached hydrogens (tertiary/aromatic N) is 2. The van der Waals surface area contributed by atoms with E-state index in [-0.39, 0.29) is 17.3 Å². The summed E-state index contributed by atoms with van der Waals surface area (Å²) in [7, 11) is -2.17. The highest BCUT2D eigenvalue weighted by Crippen LogP contribution is 2.34. The number of fused-ring (bicyclic) bond motifs is 1. The minimum atomic E-state index is -3.68. The van der Waals surface area contributed by atoms with Gasteiger partial charge in [-0.15, -0.1) is 11.3 Å². The number of benzene rings is 2. The van der Waals surface area contributed by atoms with E-state index >= 15 is 0 Å². The van der Waals surface area contributed by atoms with Gasteiger partial charge in [-0.2, -0.15) is 4.31 Å². The first-order chi connectivity index (χ1) is 14.8. The minimum Gasteiger partial charge on any atom is -0.307 e. The third-order valence-electron chi connectivity index (χ3n) is 5.26. The lowest BCUT2D eigenvalue weighted by Gasteiger charge is -2.29. The quantitative estimate of drug-likeness (QED) is 0.425. The molecule has 1 amide bonds. The summed E-state index contributed by atoms with van der Waals surface area (Å²) in [6.07, 6.45) is 1.84. The van der Waals surface area contributed by atoms with Crippen LogP contribution in [0.2, 0.25) is 5.02 Å². The Morgan fingerprint density at radius 1 is 1.19 bits per heavy atom. The Labute approximate surface area is 199 Å². The molecule has 0 unspecified atom stereocenters. The maximum absolute atomic E-state index is 13.2. The Hall–Kier alpha value is -1.71. The van der Waals surface area contributed by atoms with Crippen LogP contribution in [0.5, 0.6) is 0 Å². The molecule has 3 aromatic rings. The van der Waals surface area contributed by atoms with Crippen molar-refractivity contribution >= 4 is 60.5 Å². The number of aryl methyl sites for hydroxylation is 1. The highest BCUT2D eigenvalue weighted by molar-refractivity contribution is 9.10. The summed E-state index contributed by atoms with van der Waals surface area (Å²) in [4.78, 5) is 15.6. The lowest BCUT2D eigenvalue weighted by Crippen LogP contribution is -2.35. The largest absolute Gasteiger partial charge is 0.307 e. The summed E-state index contributed by atoms with van der Waals surface area (Å²) in [5.41, 5.74) is 2.68. The Morgan fingerprint density at radius 2 is 1.90 bits per heavy atom. The van der Waals surface area contributed by atoms with Gasteiger partial charge in [0.05, 0.1) is 9.92 Å². The van der Waals surface area contributed by atoms with Gasteiger partial charge in [-0.05, 0) is 59.7 Å². The number of rotatable bonds is 5. The van der Waals surface area contributed by atoms with Crippen LogP contribution in [-0.4, -0.2) is 32.2 Å². The van der Waals surface area contributed by atoms with Crippen LogP contribution in [0.15, 0.2) is 63.3 Å². The highest BCUT2D eigenvalue weighted by atomic mass is 79.9. The van der Waals surface area contributed by atoms with Crippen LogP contribution in [0.1, 0.15) is 27.2 Å². The number of carbonyl (C=O) groups excluding carboxylic acids is 1. The number of para-hydroxylation sites is 1. The third-order valence-corrected chi connectivity index (χ3v) is 9.17. The van der Waals surface area contributed by atoms with E-state index < -0.39 is 10.0 Å². The third kappa shape index (κ3) is 4.45. The number of halogens is 2. The average Bonchev–Trinajstić information content (AvgIpc) is 3.13. The minimum absolute atomic E-state index is 0.0809. The Bertz CT molecular complexity index is 1230. The molecule has 4 rings (SSSR count). The maximum Gasteiger partial charge on any atom is 0.269 e. The van der Waals surface area contributed by atoms with Crippen molar-refractivity contribution in [3.05, 3.63) is 79.4 Å². The van der Waals surface area contributed by atoms with Gasteiger partial charge in [0.2, 0.25) is 10.0 Å². The average molecular weight is 540 g/mol. The predicted molar refractivity (Wildman–Crippen MR) is 129 cm³/mol. The lowest BCUT2D eigenvalue weighted by atomic mass is 10.0. The second kappa shape index (κ2) is 9.03. The van der Waals surface area contributed by atoms with E-state index in [4.69, 9.17) is 11.6 Å². The highest BCUT2D eigenvalue weighted by Gasteiger charge is 2.28. The molecule has 0 N–H and O–H groups in total. The zero-order chi connectivity index (χ0) is 22.2. The topological polar surface area (TPSA) is 57.7 Å². The monoisotopic (exact) mass is 538 g/mol. The van der Waals surface area contributed by atoms with Gasteiger partial charge >= 0.3 is 0 Å². The molecular weight excluding hydrogens is 520 g/mol. The number of amides is 1.